The van der Waals surface area contributed by atoms with E-state index in [9.17, 15) is 0 Å². The predicted molar refractivity (Wildman–Crippen MR) is 50.9 cm³/mol. The van der Waals surface area contributed by atoms with Gasteiger partial charge in [-0.05, 0) is 13.3 Å². The van der Waals surface area contributed by atoms with Crippen molar-refractivity contribution in [1.82, 2.24) is 9.55 Å². The van der Waals surface area contributed by atoms with Gasteiger partial charge in [0.2, 0.25) is 0 Å². The normalized spacial score (nSPS) is 28.2. The summed E-state index contributed by atoms with van der Waals surface area (Å²) in [5, 5.41) is 0. The first-order chi connectivity index (χ1) is 6.33. The lowest BCUT2D eigenvalue weighted by Crippen LogP contribution is -2.17. The number of aromatic nitrogens is 2. The van der Waals surface area contributed by atoms with Crippen molar-refractivity contribution < 1.29 is 4.74 Å². The monoisotopic (exact) mass is 200 g/mol. The fourth-order valence-corrected chi connectivity index (χ4v) is 2.03. The van der Waals surface area contributed by atoms with Gasteiger partial charge in [-0.15, -0.1) is 11.6 Å². The van der Waals surface area contributed by atoms with Crippen LogP contribution < -0.4 is 0 Å². The molecule has 0 radical (unpaired) electrons. The summed E-state index contributed by atoms with van der Waals surface area (Å²) in [6.45, 7) is 2.93. The van der Waals surface area contributed by atoms with Crippen molar-refractivity contribution in [3.8, 4) is 0 Å². The summed E-state index contributed by atoms with van der Waals surface area (Å²) in [4.78, 5) is 4.09. The van der Waals surface area contributed by atoms with Gasteiger partial charge < -0.3 is 9.30 Å². The van der Waals surface area contributed by atoms with Crippen LogP contribution in [0.3, 0.4) is 0 Å². The summed E-state index contributed by atoms with van der Waals surface area (Å²) in [7, 11) is 0. The van der Waals surface area contributed by atoms with E-state index in [0.29, 0.717) is 11.9 Å². The molecule has 1 aromatic rings. The van der Waals surface area contributed by atoms with Gasteiger partial charge in [-0.1, -0.05) is 0 Å². The number of alkyl halides is 1. The van der Waals surface area contributed by atoms with Crippen molar-refractivity contribution in [2.75, 3.05) is 6.61 Å². The Morgan fingerprint density at radius 1 is 1.77 bits per heavy atom. The highest BCUT2D eigenvalue weighted by Gasteiger charge is 2.26. The third-order valence-electron chi connectivity index (χ3n) is 2.58. The highest BCUT2D eigenvalue weighted by atomic mass is 35.5. The van der Waals surface area contributed by atoms with E-state index in [1.54, 1.807) is 0 Å². The van der Waals surface area contributed by atoms with Crippen LogP contribution in [0.15, 0.2) is 12.5 Å². The Kier molecular flexibility index (Phi) is 2.56. The number of ether oxygens (including phenoxy) is 1. The van der Waals surface area contributed by atoms with Crippen LogP contribution in [-0.2, 0) is 10.6 Å². The molecule has 4 heteroatoms. The lowest BCUT2D eigenvalue weighted by molar-refractivity contribution is 0.107. The molecule has 0 amide bonds. The highest BCUT2D eigenvalue weighted by molar-refractivity contribution is 6.16. The SMILES string of the molecule is CC1OCCC1n1cncc1CCl. The van der Waals surface area contributed by atoms with Gasteiger partial charge >= 0.3 is 0 Å². The van der Waals surface area contributed by atoms with E-state index in [-0.39, 0.29) is 6.10 Å². The Morgan fingerprint density at radius 2 is 2.62 bits per heavy atom. The molecule has 1 aromatic heterocycles. The average Bonchev–Trinajstić information content (AvgIpc) is 2.71. The second-order valence-corrected chi connectivity index (χ2v) is 3.63. The molecule has 1 saturated heterocycles. The van der Waals surface area contributed by atoms with Crippen LogP contribution in [0.25, 0.3) is 0 Å². The summed E-state index contributed by atoms with van der Waals surface area (Å²) in [5.41, 5.74) is 1.07. The second-order valence-electron chi connectivity index (χ2n) is 3.36. The summed E-state index contributed by atoms with van der Waals surface area (Å²) >= 11 is 5.80. The number of imidazole rings is 1. The van der Waals surface area contributed by atoms with Gasteiger partial charge in [0, 0.05) is 12.8 Å². The lowest BCUT2D eigenvalue weighted by atomic mass is 10.1. The zero-order valence-corrected chi connectivity index (χ0v) is 8.37. The van der Waals surface area contributed by atoms with Crippen LogP contribution >= 0.6 is 11.6 Å². The van der Waals surface area contributed by atoms with Crippen LogP contribution in [0.4, 0.5) is 0 Å². The van der Waals surface area contributed by atoms with E-state index in [0.717, 1.165) is 18.7 Å². The summed E-state index contributed by atoms with van der Waals surface area (Å²) in [6, 6.07) is 0.413. The standard InChI is InChI=1S/C9H13ClN2O/c1-7-9(2-3-13-7)12-6-11-5-8(12)4-10/h5-7,9H,2-4H2,1H3. The molecule has 72 valence electrons. The molecule has 2 atom stereocenters. The molecule has 1 aliphatic rings. The van der Waals surface area contributed by atoms with Crippen molar-refractivity contribution in [1.29, 1.82) is 0 Å². The van der Waals surface area contributed by atoms with Crippen molar-refractivity contribution in [3.05, 3.63) is 18.2 Å². The Bertz CT molecular complexity index is 287. The fourth-order valence-electron chi connectivity index (χ4n) is 1.82. The van der Waals surface area contributed by atoms with Crippen LogP contribution in [0.1, 0.15) is 25.1 Å². The maximum absolute atomic E-state index is 5.80. The second kappa shape index (κ2) is 3.68. The smallest absolute Gasteiger partial charge is 0.0952 e. The molecule has 0 spiro atoms. The van der Waals surface area contributed by atoms with Gasteiger partial charge in [-0.3, -0.25) is 0 Å². The van der Waals surface area contributed by atoms with Crippen LogP contribution in [0, 0.1) is 0 Å². The molecule has 0 aromatic carbocycles. The minimum Gasteiger partial charge on any atom is -0.376 e. The van der Waals surface area contributed by atoms with Crippen LogP contribution in [-0.4, -0.2) is 22.3 Å². The molecule has 0 N–H and O–H groups in total. The molecule has 0 aliphatic carbocycles. The van der Waals surface area contributed by atoms with Gasteiger partial charge in [-0.2, -0.15) is 0 Å². The highest BCUT2D eigenvalue weighted by Crippen LogP contribution is 2.27. The van der Waals surface area contributed by atoms with Crippen LogP contribution in [0.2, 0.25) is 0 Å². The number of hydrogen-bond acceptors (Lipinski definition) is 2. The van der Waals surface area contributed by atoms with Crippen LogP contribution in [0.5, 0.6) is 0 Å². The minimum atomic E-state index is 0.274. The topological polar surface area (TPSA) is 27.1 Å². The lowest BCUT2D eigenvalue weighted by Gasteiger charge is -2.17. The molecule has 0 bridgehead atoms. The fraction of sp³-hybridized carbons (Fsp3) is 0.667. The van der Waals surface area contributed by atoms with Gasteiger partial charge in [0.05, 0.1) is 30.0 Å². The van der Waals surface area contributed by atoms with Gasteiger partial charge in [0.15, 0.2) is 0 Å². The van der Waals surface area contributed by atoms with E-state index >= 15 is 0 Å². The quantitative estimate of drug-likeness (QED) is 0.683. The molecular formula is C9H13ClN2O. The largest absolute Gasteiger partial charge is 0.376 e. The van der Waals surface area contributed by atoms with Crippen molar-refractivity contribution in [2.45, 2.75) is 31.4 Å². The molecule has 3 nitrogen and oxygen atoms in total. The first-order valence-corrected chi connectivity index (χ1v) is 5.04. The van der Waals surface area contributed by atoms with E-state index < -0.39 is 0 Å². The minimum absolute atomic E-state index is 0.274. The molecule has 1 aliphatic heterocycles. The number of halogens is 1. The van der Waals surface area contributed by atoms with Crippen molar-refractivity contribution in [2.24, 2.45) is 0 Å². The summed E-state index contributed by atoms with van der Waals surface area (Å²) in [5.74, 6) is 0.517. The zero-order chi connectivity index (χ0) is 9.26. The van der Waals surface area contributed by atoms with Crippen molar-refractivity contribution in [3.63, 3.8) is 0 Å². The molecule has 0 saturated carbocycles. The van der Waals surface area contributed by atoms with Gasteiger partial charge in [0.25, 0.3) is 0 Å². The van der Waals surface area contributed by atoms with E-state index in [1.165, 1.54) is 0 Å². The first-order valence-electron chi connectivity index (χ1n) is 4.51. The Morgan fingerprint density at radius 3 is 3.23 bits per heavy atom. The summed E-state index contributed by atoms with van der Waals surface area (Å²) in [6.07, 6.45) is 4.99. The Balaban J connectivity index is 2.23. The molecule has 13 heavy (non-hydrogen) atoms. The maximum atomic E-state index is 5.80. The molecule has 2 heterocycles. The van der Waals surface area contributed by atoms with E-state index in [2.05, 4.69) is 16.5 Å². The number of nitrogens with zero attached hydrogens (tertiary/aromatic N) is 2. The molecule has 2 unspecified atom stereocenters. The number of rotatable bonds is 2. The Labute approximate surface area is 82.7 Å². The van der Waals surface area contributed by atoms with E-state index in [1.807, 2.05) is 12.5 Å². The van der Waals surface area contributed by atoms with Crippen molar-refractivity contribution >= 4 is 11.6 Å². The summed E-state index contributed by atoms with van der Waals surface area (Å²) < 4.78 is 7.63. The third kappa shape index (κ3) is 1.58. The molecular weight excluding hydrogens is 188 g/mol. The first kappa shape index (κ1) is 9.03. The van der Waals surface area contributed by atoms with E-state index in [4.69, 9.17) is 16.3 Å². The third-order valence-corrected chi connectivity index (χ3v) is 2.85. The predicted octanol–water partition coefficient (Wildman–Crippen LogP) is 1.97. The Hall–Kier alpha value is -0.540. The van der Waals surface area contributed by atoms with Gasteiger partial charge in [-0.25, -0.2) is 4.98 Å². The zero-order valence-electron chi connectivity index (χ0n) is 7.61. The van der Waals surface area contributed by atoms with Gasteiger partial charge in [0.1, 0.15) is 0 Å². The maximum Gasteiger partial charge on any atom is 0.0952 e. The number of hydrogen-bond donors (Lipinski definition) is 0. The average molecular weight is 201 g/mol. The molecule has 1 fully saturated rings. The molecule has 2 rings (SSSR count).